The van der Waals surface area contributed by atoms with Gasteiger partial charge in [-0.3, -0.25) is 14.6 Å². The Morgan fingerprint density at radius 3 is 2.51 bits per heavy atom. The largest absolute Gasteiger partial charge is 0.744 e. The third-order valence-corrected chi connectivity index (χ3v) is 7.76. The molecule has 2 aromatic carbocycles. The minimum absolute atomic E-state index is 0.178. The Morgan fingerprint density at radius 2 is 1.89 bits per heavy atom. The predicted molar refractivity (Wildman–Crippen MR) is 157 cm³/mol. The van der Waals surface area contributed by atoms with Crippen LogP contribution in [0.2, 0.25) is 0 Å². The van der Waals surface area contributed by atoms with Gasteiger partial charge in [-0.1, -0.05) is 17.7 Å². The van der Waals surface area contributed by atoms with Gasteiger partial charge >= 0.3 is 0 Å². The van der Waals surface area contributed by atoms with Crippen LogP contribution in [0.3, 0.4) is 0 Å². The number of nitrogens with one attached hydrogen (secondary N) is 1. The summed E-state index contributed by atoms with van der Waals surface area (Å²) in [5.74, 6) is -3.96. The Bertz CT molecular complexity index is 1660. The molecule has 1 N–H and O–H groups in total. The van der Waals surface area contributed by atoms with Crippen LogP contribution in [0.4, 0.5) is 13.2 Å². The zero-order chi connectivity index (χ0) is 33.4. The van der Waals surface area contributed by atoms with Gasteiger partial charge in [0.05, 0.1) is 62.4 Å². The van der Waals surface area contributed by atoms with E-state index in [2.05, 4.69) is 10.3 Å². The van der Waals surface area contributed by atoms with Crippen molar-refractivity contribution in [3.8, 4) is 11.8 Å². The van der Waals surface area contributed by atoms with Gasteiger partial charge in [0, 0.05) is 24.4 Å². The molecule has 0 aliphatic carbocycles. The molecule has 45 heavy (non-hydrogen) atoms. The average Bonchev–Trinajstić information content (AvgIpc) is 3.32. The number of aryl methyl sites for hydroxylation is 1. The van der Waals surface area contributed by atoms with Gasteiger partial charge < -0.3 is 24.0 Å². The van der Waals surface area contributed by atoms with Crippen LogP contribution in [-0.2, 0) is 14.9 Å². The quantitative estimate of drug-likeness (QED) is 0.152. The maximum absolute atomic E-state index is 13.6. The number of hydrogen-bond acceptors (Lipinski definition) is 8. The molecule has 1 aromatic heterocycles. The van der Waals surface area contributed by atoms with Crippen molar-refractivity contribution in [2.45, 2.75) is 36.6 Å². The Labute approximate surface area is 259 Å². The zero-order valence-corrected chi connectivity index (χ0v) is 25.8. The van der Waals surface area contributed by atoms with E-state index in [1.165, 1.54) is 24.4 Å². The van der Waals surface area contributed by atoms with E-state index >= 15 is 0 Å². The number of fused-ring (bicyclic) bond motifs is 1. The van der Waals surface area contributed by atoms with Gasteiger partial charge in [0.25, 0.3) is 11.8 Å². The summed E-state index contributed by atoms with van der Waals surface area (Å²) < 4.78 is 77.2. The summed E-state index contributed by atoms with van der Waals surface area (Å²) in [4.78, 5) is 30.0. The van der Waals surface area contributed by atoms with Gasteiger partial charge in [0.1, 0.15) is 21.9 Å². The van der Waals surface area contributed by atoms with Crippen LogP contribution in [-0.4, -0.2) is 98.3 Å². The minimum atomic E-state index is -4.27. The first kappa shape index (κ1) is 35.2. The van der Waals surface area contributed by atoms with E-state index in [1.807, 2.05) is 6.92 Å². The van der Waals surface area contributed by atoms with E-state index in [9.17, 15) is 35.7 Å². The highest BCUT2D eigenvalue weighted by Gasteiger charge is 2.47. The molecule has 3 aromatic rings. The Kier molecular flexibility index (Phi) is 11.5. The molecule has 2 heterocycles. The molecule has 0 radical (unpaired) electrons. The van der Waals surface area contributed by atoms with E-state index in [0.29, 0.717) is 36.2 Å². The first-order chi connectivity index (χ1) is 21.0. The number of hydrogen-bond donors (Lipinski definition) is 1. The highest BCUT2D eigenvalue weighted by molar-refractivity contribution is 7.85. The van der Waals surface area contributed by atoms with Crippen LogP contribution in [0.1, 0.15) is 28.8 Å². The van der Waals surface area contributed by atoms with E-state index in [1.54, 1.807) is 50.5 Å². The lowest BCUT2D eigenvalue weighted by Crippen LogP contribution is -2.43. The summed E-state index contributed by atoms with van der Waals surface area (Å²) in [5.41, 5.74) is 1.70. The summed E-state index contributed by atoms with van der Waals surface area (Å²) in [7, 11) is -0.700. The fourth-order valence-electron chi connectivity index (χ4n) is 4.41. The number of nitriles is 1. The van der Waals surface area contributed by atoms with E-state index < -0.39 is 60.2 Å². The lowest BCUT2D eigenvalue weighted by atomic mass is 10.1. The normalized spacial score (nSPS) is 16.0. The lowest BCUT2D eigenvalue weighted by Gasteiger charge is -2.25. The second-order valence-electron chi connectivity index (χ2n) is 11.2. The second-order valence-corrected chi connectivity index (χ2v) is 12.6. The van der Waals surface area contributed by atoms with E-state index in [4.69, 9.17) is 10.00 Å². The first-order valence-electron chi connectivity index (χ1n) is 13.8. The Hall–Kier alpha value is -4.26. The standard InChI is InChI=1S/C23H26F3N5O3.C7H8O3S/c1-31(2,15-24)8-3-9-34-17-4-5-20-19(10-17)18(6-7-28-20)22(33)29-13-21(32)30-14-23(25,26)11-16(30)12-27;1-6-2-4-7(5-3-6)11(8,9)10/h4-7,10,16H,3,8-9,11,13-15H2,1-2H3;2-5H,1H3,(H,8,9,10)/t16-;/m0./s1. The molecule has 15 heteroatoms. The molecule has 1 aliphatic rings. The number of amides is 2. The molecule has 0 spiro atoms. The lowest BCUT2D eigenvalue weighted by molar-refractivity contribution is -0.902. The highest BCUT2D eigenvalue weighted by Crippen LogP contribution is 2.31. The molecule has 1 fully saturated rings. The molecule has 0 saturated carbocycles. The first-order valence-corrected chi connectivity index (χ1v) is 15.2. The van der Waals surface area contributed by atoms with Gasteiger partial charge in [0.2, 0.25) is 12.7 Å². The van der Waals surface area contributed by atoms with Crippen molar-refractivity contribution in [2.24, 2.45) is 0 Å². The zero-order valence-electron chi connectivity index (χ0n) is 25.0. The fraction of sp³-hybridized carbons (Fsp3) is 0.400. The van der Waals surface area contributed by atoms with E-state index in [-0.39, 0.29) is 14.9 Å². The monoisotopic (exact) mass is 649 g/mol. The number of nitrogens with zero attached hydrogens (tertiary/aromatic N) is 4. The Morgan fingerprint density at radius 1 is 1.20 bits per heavy atom. The van der Waals surface area contributed by atoms with Crippen molar-refractivity contribution in [1.29, 1.82) is 5.26 Å². The second kappa shape index (κ2) is 14.7. The van der Waals surface area contributed by atoms with Crippen LogP contribution in [0.15, 0.2) is 59.6 Å². The molecule has 1 aliphatic heterocycles. The van der Waals surface area contributed by atoms with Crippen molar-refractivity contribution in [3.05, 3.63) is 65.9 Å². The van der Waals surface area contributed by atoms with Gasteiger partial charge in [-0.25, -0.2) is 17.2 Å². The van der Waals surface area contributed by atoms with Gasteiger partial charge in [-0.2, -0.15) is 9.65 Å². The average molecular weight is 650 g/mol. The number of alkyl halides is 3. The van der Waals surface area contributed by atoms with Crippen LogP contribution in [0.25, 0.3) is 10.9 Å². The molecular weight excluding hydrogens is 615 g/mol. The van der Waals surface area contributed by atoms with Gasteiger partial charge in [-0.15, -0.1) is 0 Å². The maximum atomic E-state index is 13.6. The maximum Gasteiger partial charge on any atom is 0.268 e. The summed E-state index contributed by atoms with van der Waals surface area (Å²) in [6.45, 7) is 0.948. The SMILES string of the molecule is C[N+](C)(CF)CCCOc1ccc2nccc(C(=O)NCC(=O)N3CC(F)(F)C[C@H]3C#N)c2c1.Cc1ccc(S(=O)(=O)[O-])cc1. The smallest absolute Gasteiger partial charge is 0.268 e. The molecule has 1 atom stereocenters. The molecule has 0 bridgehead atoms. The number of rotatable bonds is 10. The minimum Gasteiger partial charge on any atom is -0.744 e. The molecule has 2 amide bonds. The van der Waals surface area contributed by atoms with Crippen molar-refractivity contribution in [2.75, 3.05) is 47.1 Å². The Balaban J connectivity index is 0.000000423. The van der Waals surface area contributed by atoms with Gasteiger partial charge in [-0.05, 0) is 43.3 Å². The number of aromatic nitrogens is 1. The molecule has 0 unspecified atom stereocenters. The third-order valence-electron chi connectivity index (χ3n) is 6.91. The summed E-state index contributed by atoms with van der Waals surface area (Å²) >= 11 is 0. The van der Waals surface area contributed by atoms with Crippen molar-refractivity contribution < 1.29 is 45.0 Å². The number of pyridine rings is 1. The third kappa shape index (κ3) is 10.1. The van der Waals surface area contributed by atoms with Crippen LogP contribution < -0.4 is 10.1 Å². The number of benzene rings is 2. The number of halogens is 3. The topological polar surface area (TPSA) is 153 Å². The van der Waals surface area contributed by atoms with Crippen molar-refractivity contribution in [3.63, 3.8) is 0 Å². The molecule has 4 rings (SSSR count). The molecular formula is C30H34F3N5O6S. The number of carbonyl (C=O) groups excluding carboxylic acids is 2. The van der Waals surface area contributed by atoms with Crippen molar-refractivity contribution in [1.82, 2.24) is 15.2 Å². The molecule has 11 nitrogen and oxygen atoms in total. The van der Waals surface area contributed by atoms with Crippen LogP contribution in [0, 0.1) is 18.3 Å². The van der Waals surface area contributed by atoms with Crippen molar-refractivity contribution >= 4 is 32.8 Å². The number of ether oxygens (including phenoxy) is 1. The van der Waals surface area contributed by atoms with Gasteiger partial charge in [0.15, 0.2) is 0 Å². The number of quaternary nitrogens is 1. The predicted octanol–water partition coefficient (Wildman–Crippen LogP) is 3.40. The number of carbonyl (C=O) groups is 2. The highest BCUT2D eigenvalue weighted by atomic mass is 32.2. The van der Waals surface area contributed by atoms with E-state index in [0.717, 1.165) is 10.5 Å². The summed E-state index contributed by atoms with van der Waals surface area (Å²) in [6, 6.07) is 12.8. The van der Waals surface area contributed by atoms with Crippen LogP contribution in [0.5, 0.6) is 5.75 Å². The molecule has 242 valence electrons. The summed E-state index contributed by atoms with van der Waals surface area (Å²) in [6.07, 6.45) is 1.37. The number of likely N-dealkylation sites (tertiary alicyclic amines) is 1. The summed E-state index contributed by atoms with van der Waals surface area (Å²) in [5, 5.41) is 12.0. The van der Waals surface area contributed by atoms with Crippen LogP contribution >= 0.6 is 0 Å². The fourth-order valence-corrected chi connectivity index (χ4v) is 4.88. The molecule has 1 saturated heterocycles.